The van der Waals surface area contributed by atoms with Crippen molar-refractivity contribution in [1.82, 2.24) is 10.7 Å². The minimum atomic E-state index is -0.770. The maximum absolute atomic E-state index is 12.1. The Kier molecular flexibility index (Phi) is 3.84. The Labute approximate surface area is 112 Å². The average Bonchev–Trinajstić information content (AvgIpc) is 2.42. The van der Waals surface area contributed by atoms with Gasteiger partial charge < -0.3 is 5.32 Å². The van der Waals surface area contributed by atoms with E-state index in [1.54, 1.807) is 0 Å². The van der Waals surface area contributed by atoms with Crippen LogP contribution in [0.2, 0.25) is 0 Å². The van der Waals surface area contributed by atoms with E-state index in [1.807, 2.05) is 0 Å². The molecule has 6 nitrogen and oxygen atoms in total. The quantitative estimate of drug-likeness (QED) is 0.772. The van der Waals surface area contributed by atoms with Gasteiger partial charge in [0.15, 0.2) is 0 Å². The molecule has 102 valence electrons. The molecule has 2 aliphatic rings. The molecule has 0 unspecified atom stereocenters. The Hall–Kier alpha value is -1.90. The summed E-state index contributed by atoms with van der Waals surface area (Å²) in [4.78, 5) is 23.0. The van der Waals surface area contributed by atoms with Crippen molar-refractivity contribution in [1.29, 1.82) is 5.26 Å². The summed E-state index contributed by atoms with van der Waals surface area (Å²) in [6.07, 6.45) is 3.83. The molecular weight excluding hydrogens is 244 g/mol. The summed E-state index contributed by atoms with van der Waals surface area (Å²) in [5.41, 5.74) is 1.82. The number of amides is 2. The number of nitriles is 1. The van der Waals surface area contributed by atoms with E-state index in [1.165, 1.54) is 0 Å². The van der Waals surface area contributed by atoms with Crippen molar-refractivity contribution in [2.24, 2.45) is 11.0 Å². The highest BCUT2D eigenvalue weighted by molar-refractivity contribution is 6.39. The maximum atomic E-state index is 12.1. The Bertz CT molecular complexity index is 456. The summed E-state index contributed by atoms with van der Waals surface area (Å²) in [7, 11) is 0. The zero-order valence-corrected chi connectivity index (χ0v) is 11.0. The van der Waals surface area contributed by atoms with Crippen molar-refractivity contribution in [2.75, 3.05) is 0 Å². The van der Waals surface area contributed by atoms with E-state index in [0.29, 0.717) is 30.9 Å². The van der Waals surface area contributed by atoms with Crippen molar-refractivity contribution >= 4 is 17.5 Å². The number of hydrogen-bond acceptors (Lipinski definition) is 4. The smallest absolute Gasteiger partial charge is 0.268 e. The van der Waals surface area contributed by atoms with Gasteiger partial charge >= 0.3 is 0 Å². The Morgan fingerprint density at radius 1 is 1.47 bits per heavy atom. The molecule has 2 rings (SSSR count). The van der Waals surface area contributed by atoms with E-state index in [0.717, 1.165) is 12.8 Å². The first-order valence-corrected chi connectivity index (χ1v) is 6.64. The standard InChI is InChI=1S/C13H18N4O2/c1-9-4-6-13(8-14,7-5-9)15-12(19)10-2-3-11(18)17-16-10/h9H,2-7H2,1H3,(H,15,19)(H,17,18). The van der Waals surface area contributed by atoms with Gasteiger partial charge in [0.1, 0.15) is 11.3 Å². The molecule has 0 aromatic heterocycles. The fourth-order valence-electron chi connectivity index (χ4n) is 2.45. The Balaban J connectivity index is 2.01. The average molecular weight is 262 g/mol. The Morgan fingerprint density at radius 2 is 2.16 bits per heavy atom. The predicted molar refractivity (Wildman–Crippen MR) is 68.9 cm³/mol. The number of rotatable bonds is 2. The lowest BCUT2D eigenvalue weighted by Gasteiger charge is -2.34. The highest BCUT2D eigenvalue weighted by Gasteiger charge is 2.36. The highest BCUT2D eigenvalue weighted by atomic mass is 16.2. The van der Waals surface area contributed by atoms with Crippen LogP contribution in [0, 0.1) is 17.2 Å². The molecule has 1 saturated carbocycles. The Morgan fingerprint density at radius 3 is 2.68 bits per heavy atom. The summed E-state index contributed by atoms with van der Waals surface area (Å²) in [5.74, 6) is 0.0822. The molecule has 2 amide bonds. The number of hydrazone groups is 1. The SMILES string of the molecule is CC1CCC(C#N)(NC(=O)C2=NNC(=O)CC2)CC1. The molecule has 1 aliphatic heterocycles. The molecule has 19 heavy (non-hydrogen) atoms. The number of hydrogen-bond donors (Lipinski definition) is 2. The first-order valence-electron chi connectivity index (χ1n) is 6.64. The van der Waals surface area contributed by atoms with Crippen LogP contribution in [0.4, 0.5) is 0 Å². The second-order valence-corrected chi connectivity index (χ2v) is 5.42. The van der Waals surface area contributed by atoms with Crippen LogP contribution in [0.5, 0.6) is 0 Å². The number of carbonyl (C=O) groups excluding carboxylic acids is 2. The normalized spacial score (nSPS) is 30.8. The van der Waals surface area contributed by atoms with Crippen LogP contribution in [-0.4, -0.2) is 23.1 Å². The van der Waals surface area contributed by atoms with Crippen molar-refractivity contribution in [3.8, 4) is 6.07 Å². The number of carbonyl (C=O) groups is 2. The summed E-state index contributed by atoms with van der Waals surface area (Å²) < 4.78 is 0. The maximum Gasteiger partial charge on any atom is 0.268 e. The van der Waals surface area contributed by atoms with Crippen molar-refractivity contribution in [2.45, 2.75) is 51.0 Å². The molecule has 0 spiro atoms. The number of nitrogens with one attached hydrogen (secondary N) is 2. The summed E-state index contributed by atoms with van der Waals surface area (Å²) in [6, 6.07) is 2.24. The molecule has 0 saturated heterocycles. The van der Waals surface area contributed by atoms with Crippen LogP contribution < -0.4 is 10.7 Å². The number of nitrogens with zero attached hydrogens (tertiary/aromatic N) is 2. The molecule has 2 N–H and O–H groups in total. The molecule has 0 atom stereocenters. The van der Waals surface area contributed by atoms with Gasteiger partial charge in [-0.25, -0.2) is 5.43 Å². The predicted octanol–water partition coefficient (Wildman–Crippen LogP) is 0.841. The summed E-state index contributed by atoms with van der Waals surface area (Å²) >= 11 is 0. The monoisotopic (exact) mass is 262 g/mol. The van der Waals surface area contributed by atoms with Crippen molar-refractivity contribution < 1.29 is 9.59 Å². The van der Waals surface area contributed by atoms with Crippen LogP contribution >= 0.6 is 0 Å². The molecule has 0 bridgehead atoms. The molecule has 6 heteroatoms. The first-order chi connectivity index (χ1) is 9.04. The van der Waals surface area contributed by atoms with Gasteiger partial charge in [0, 0.05) is 12.8 Å². The van der Waals surface area contributed by atoms with Gasteiger partial charge in [-0.05, 0) is 31.6 Å². The molecule has 1 aliphatic carbocycles. The van der Waals surface area contributed by atoms with Crippen LogP contribution in [0.1, 0.15) is 45.4 Å². The molecule has 1 fully saturated rings. The lowest BCUT2D eigenvalue weighted by atomic mass is 9.78. The van der Waals surface area contributed by atoms with Crippen LogP contribution in [-0.2, 0) is 9.59 Å². The highest BCUT2D eigenvalue weighted by Crippen LogP contribution is 2.31. The van der Waals surface area contributed by atoms with E-state index >= 15 is 0 Å². The fourth-order valence-corrected chi connectivity index (χ4v) is 2.45. The summed E-state index contributed by atoms with van der Waals surface area (Å²) in [6.45, 7) is 2.16. The summed E-state index contributed by atoms with van der Waals surface area (Å²) in [5, 5.41) is 15.9. The van der Waals surface area contributed by atoms with Gasteiger partial charge in [-0.1, -0.05) is 6.92 Å². The van der Waals surface area contributed by atoms with E-state index in [-0.39, 0.29) is 18.2 Å². The minimum absolute atomic E-state index is 0.182. The van der Waals surface area contributed by atoms with E-state index in [4.69, 9.17) is 0 Å². The van der Waals surface area contributed by atoms with Gasteiger partial charge in [0.05, 0.1) is 6.07 Å². The largest absolute Gasteiger partial charge is 0.333 e. The third-order valence-electron chi connectivity index (χ3n) is 3.86. The molecular formula is C13H18N4O2. The molecule has 0 aromatic rings. The van der Waals surface area contributed by atoms with E-state index in [2.05, 4.69) is 28.8 Å². The second kappa shape index (κ2) is 5.39. The fraction of sp³-hybridized carbons (Fsp3) is 0.692. The third-order valence-corrected chi connectivity index (χ3v) is 3.86. The zero-order valence-electron chi connectivity index (χ0n) is 11.0. The van der Waals surface area contributed by atoms with Crippen LogP contribution in [0.25, 0.3) is 0 Å². The van der Waals surface area contributed by atoms with Crippen molar-refractivity contribution in [3.05, 3.63) is 0 Å². The van der Waals surface area contributed by atoms with E-state index in [9.17, 15) is 14.9 Å². The minimum Gasteiger partial charge on any atom is -0.333 e. The third kappa shape index (κ3) is 3.11. The second-order valence-electron chi connectivity index (χ2n) is 5.42. The molecule has 0 radical (unpaired) electrons. The van der Waals surface area contributed by atoms with Gasteiger partial charge in [0.25, 0.3) is 5.91 Å². The van der Waals surface area contributed by atoms with E-state index < -0.39 is 5.54 Å². The van der Waals surface area contributed by atoms with Crippen LogP contribution in [0.15, 0.2) is 5.10 Å². The lowest BCUT2D eigenvalue weighted by molar-refractivity contribution is -0.121. The van der Waals surface area contributed by atoms with Gasteiger partial charge in [-0.3, -0.25) is 9.59 Å². The van der Waals surface area contributed by atoms with Gasteiger partial charge in [-0.2, -0.15) is 10.4 Å². The molecule has 0 aromatic carbocycles. The zero-order chi connectivity index (χ0) is 13.9. The molecule has 1 heterocycles. The first kappa shape index (κ1) is 13.5. The van der Waals surface area contributed by atoms with Gasteiger partial charge in [0.2, 0.25) is 5.91 Å². The van der Waals surface area contributed by atoms with Gasteiger partial charge in [-0.15, -0.1) is 0 Å². The lowest BCUT2D eigenvalue weighted by Crippen LogP contribution is -2.52. The van der Waals surface area contributed by atoms with Crippen molar-refractivity contribution in [3.63, 3.8) is 0 Å². The van der Waals surface area contributed by atoms with Crippen LogP contribution in [0.3, 0.4) is 0 Å². The topological polar surface area (TPSA) is 94.3 Å².